The third-order valence-electron chi connectivity index (χ3n) is 2.59. The molecule has 0 saturated heterocycles. The number of hydrogen-bond acceptors (Lipinski definition) is 4. The van der Waals surface area contributed by atoms with E-state index in [-0.39, 0.29) is 12.4 Å². The van der Waals surface area contributed by atoms with E-state index in [1.807, 2.05) is 32.0 Å². The largest absolute Gasteiger partial charge is 0.382 e. The van der Waals surface area contributed by atoms with Gasteiger partial charge in [-0.25, -0.2) is 8.42 Å². The number of ether oxygens (including phenoxy) is 2. The second-order valence-corrected chi connectivity index (χ2v) is 6.19. The van der Waals surface area contributed by atoms with Crippen LogP contribution in [-0.4, -0.2) is 41.1 Å². The van der Waals surface area contributed by atoms with Crippen molar-refractivity contribution in [3.8, 4) is 0 Å². The maximum absolute atomic E-state index is 11.9. The van der Waals surface area contributed by atoms with Gasteiger partial charge in [-0.1, -0.05) is 12.1 Å². The molecule has 1 rings (SSSR count). The molecule has 0 amide bonds. The van der Waals surface area contributed by atoms with Crippen LogP contribution in [0.4, 0.5) is 5.69 Å². The van der Waals surface area contributed by atoms with Crippen molar-refractivity contribution in [1.82, 2.24) is 0 Å². The molecule has 1 N–H and O–H groups in total. The normalized spacial score (nSPS) is 11.5. The lowest BCUT2D eigenvalue weighted by molar-refractivity contribution is 0.0785. The molecule has 0 atom stereocenters. The highest BCUT2D eigenvalue weighted by Gasteiger charge is 2.11. The number of anilines is 1. The second-order valence-electron chi connectivity index (χ2n) is 4.34. The number of benzene rings is 1. The van der Waals surface area contributed by atoms with Crippen LogP contribution in [0.15, 0.2) is 18.2 Å². The minimum absolute atomic E-state index is 0.0654. The summed E-state index contributed by atoms with van der Waals surface area (Å²) in [6, 6.07) is 5.65. The summed E-state index contributed by atoms with van der Waals surface area (Å²) >= 11 is 0. The maximum atomic E-state index is 11.9. The molecule has 5 nitrogen and oxygen atoms in total. The van der Waals surface area contributed by atoms with Gasteiger partial charge in [-0.05, 0) is 31.0 Å². The first-order valence-corrected chi connectivity index (χ1v) is 7.74. The quantitative estimate of drug-likeness (QED) is 0.739. The number of rotatable bonds is 8. The fourth-order valence-corrected chi connectivity index (χ4v) is 2.47. The molecule has 0 spiro atoms. The Morgan fingerprint density at radius 3 is 2.58 bits per heavy atom. The SMILES string of the molecule is COCCOCCS(=O)(=O)Nc1cc(C)ccc1C. The van der Waals surface area contributed by atoms with E-state index in [2.05, 4.69) is 4.72 Å². The lowest BCUT2D eigenvalue weighted by Gasteiger charge is -2.11. The molecular weight excluding hydrogens is 266 g/mol. The third kappa shape index (κ3) is 6.04. The molecule has 0 aliphatic rings. The molecule has 1 aromatic rings. The Kier molecular flexibility index (Phi) is 6.27. The molecule has 0 heterocycles. The Balaban J connectivity index is 2.52. The van der Waals surface area contributed by atoms with E-state index in [9.17, 15) is 8.42 Å². The molecular formula is C13H21NO4S. The average molecular weight is 287 g/mol. The van der Waals surface area contributed by atoms with Crippen molar-refractivity contribution < 1.29 is 17.9 Å². The van der Waals surface area contributed by atoms with Crippen molar-refractivity contribution in [3.05, 3.63) is 29.3 Å². The van der Waals surface area contributed by atoms with Gasteiger partial charge < -0.3 is 9.47 Å². The summed E-state index contributed by atoms with van der Waals surface area (Å²) < 4.78 is 36.3. The highest BCUT2D eigenvalue weighted by molar-refractivity contribution is 7.92. The van der Waals surface area contributed by atoms with Crippen LogP contribution in [0, 0.1) is 13.8 Å². The summed E-state index contributed by atoms with van der Waals surface area (Å²) in [6.45, 7) is 4.81. The monoisotopic (exact) mass is 287 g/mol. The Morgan fingerprint density at radius 1 is 1.16 bits per heavy atom. The van der Waals surface area contributed by atoms with E-state index >= 15 is 0 Å². The van der Waals surface area contributed by atoms with Crippen LogP contribution in [-0.2, 0) is 19.5 Å². The van der Waals surface area contributed by atoms with Gasteiger partial charge in [-0.15, -0.1) is 0 Å². The van der Waals surface area contributed by atoms with E-state index in [4.69, 9.17) is 9.47 Å². The summed E-state index contributed by atoms with van der Waals surface area (Å²) in [5.41, 5.74) is 2.53. The molecule has 6 heteroatoms. The van der Waals surface area contributed by atoms with E-state index in [1.54, 1.807) is 7.11 Å². The van der Waals surface area contributed by atoms with Gasteiger partial charge in [-0.3, -0.25) is 4.72 Å². The number of methoxy groups -OCH3 is 1. The van der Waals surface area contributed by atoms with Gasteiger partial charge >= 0.3 is 0 Å². The molecule has 0 unspecified atom stereocenters. The molecule has 0 aliphatic carbocycles. The van der Waals surface area contributed by atoms with Crippen LogP contribution < -0.4 is 4.72 Å². The van der Waals surface area contributed by atoms with Crippen LogP contribution >= 0.6 is 0 Å². The van der Waals surface area contributed by atoms with Gasteiger partial charge in [0.2, 0.25) is 10.0 Å². The lowest BCUT2D eigenvalue weighted by atomic mass is 10.1. The first kappa shape index (κ1) is 15.9. The topological polar surface area (TPSA) is 64.6 Å². The fraction of sp³-hybridized carbons (Fsp3) is 0.538. The molecule has 0 saturated carbocycles. The van der Waals surface area contributed by atoms with Gasteiger partial charge in [0.15, 0.2) is 0 Å². The summed E-state index contributed by atoms with van der Waals surface area (Å²) in [5, 5.41) is 0. The summed E-state index contributed by atoms with van der Waals surface area (Å²) in [4.78, 5) is 0. The zero-order valence-corrected chi connectivity index (χ0v) is 12.4. The van der Waals surface area contributed by atoms with Crippen molar-refractivity contribution in [2.75, 3.05) is 37.4 Å². The Hall–Kier alpha value is -1.11. The van der Waals surface area contributed by atoms with Crippen molar-refractivity contribution in [2.24, 2.45) is 0 Å². The molecule has 0 bridgehead atoms. The molecule has 0 fully saturated rings. The zero-order chi connectivity index (χ0) is 14.3. The van der Waals surface area contributed by atoms with E-state index < -0.39 is 10.0 Å². The maximum Gasteiger partial charge on any atom is 0.235 e. The molecule has 1 aromatic carbocycles. The predicted molar refractivity (Wildman–Crippen MR) is 76.0 cm³/mol. The molecule has 0 radical (unpaired) electrons. The van der Waals surface area contributed by atoms with Gasteiger partial charge in [0.25, 0.3) is 0 Å². The first-order chi connectivity index (χ1) is 8.94. The number of nitrogens with one attached hydrogen (secondary N) is 1. The number of aryl methyl sites for hydroxylation is 2. The fourth-order valence-electron chi connectivity index (χ4n) is 1.48. The minimum atomic E-state index is -3.38. The molecule has 108 valence electrons. The highest BCUT2D eigenvalue weighted by Crippen LogP contribution is 2.17. The minimum Gasteiger partial charge on any atom is -0.382 e. The Labute approximate surface area is 115 Å². The zero-order valence-electron chi connectivity index (χ0n) is 11.6. The standard InChI is InChI=1S/C13H21NO4S/c1-11-4-5-12(2)13(10-11)14-19(15,16)9-8-18-7-6-17-3/h4-5,10,14H,6-9H2,1-3H3. The van der Waals surface area contributed by atoms with Crippen LogP contribution in [0.5, 0.6) is 0 Å². The number of hydrogen-bond donors (Lipinski definition) is 1. The van der Waals surface area contributed by atoms with Crippen LogP contribution in [0.25, 0.3) is 0 Å². The second kappa shape index (κ2) is 7.47. The van der Waals surface area contributed by atoms with Crippen molar-refractivity contribution in [1.29, 1.82) is 0 Å². The average Bonchev–Trinajstić information content (AvgIpc) is 2.33. The summed E-state index contributed by atoms with van der Waals surface area (Å²) in [6.07, 6.45) is 0. The van der Waals surface area contributed by atoms with Crippen molar-refractivity contribution >= 4 is 15.7 Å². The van der Waals surface area contributed by atoms with Gasteiger partial charge in [0.1, 0.15) is 0 Å². The lowest BCUT2D eigenvalue weighted by Crippen LogP contribution is -2.21. The van der Waals surface area contributed by atoms with Crippen molar-refractivity contribution in [3.63, 3.8) is 0 Å². The van der Waals surface area contributed by atoms with Crippen molar-refractivity contribution in [2.45, 2.75) is 13.8 Å². The number of sulfonamides is 1. The predicted octanol–water partition coefficient (Wildman–Crippen LogP) is 1.71. The van der Waals surface area contributed by atoms with E-state index in [0.29, 0.717) is 18.9 Å². The van der Waals surface area contributed by atoms with Crippen LogP contribution in [0.3, 0.4) is 0 Å². The van der Waals surface area contributed by atoms with Gasteiger partial charge in [0.05, 0.1) is 31.3 Å². The first-order valence-electron chi connectivity index (χ1n) is 6.09. The Morgan fingerprint density at radius 2 is 1.89 bits per heavy atom. The smallest absolute Gasteiger partial charge is 0.235 e. The molecule has 0 aromatic heterocycles. The van der Waals surface area contributed by atoms with Crippen LogP contribution in [0.2, 0.25) is 0 Å². The van der Waals surface area contributed by atoms with Crippen LogP contribution in [0.1, 0.15) is 11.1 Å². The van der Waals surface area contributed by atoms with Gasteiger partial charge in [-0.2, -0.15) is 0 Å². The van der Waals surface area contributed by atoms with E-state index in [1.165, 1.54) is 0 Å². The molecule has 19 heavy (non-hydrogen) atoms. The summed E-state index contributed by atoms with van der Waals surface area (Å²) in [5.74, 6) is -0.0654. The van der Waals surface area contributed by atoms with Gasteiger partial charge in [0, 0.05) is 7.11 Å². The van der Waals surface area contributed by atoms with E-state index in [0.717, 1.165) is 11.1 Å². The summed E-state index contributed by atoms with van der Waals surface area (Å²) in [7, 11) is -1.81. The Bertz CT molecular complexity index is 499. The third-order valence-corrected chi connectivity index (χ3v) is 3.82. The molecule has 0 aliphatic heterocycles. The highest BCUT2D eigenvalue weighted by atomic mass is 32.2.